The summed E-state index contributed by atoms with van der Waals surface area (Å²) in [6.45, 7) is 2.08. The maximum absolute atomic E-state index is 5.85. The number of nitrogens with two attached hydrogens (primary N) is 1. The first kappa shape index (κ1) is 9.48. The molecule has 0 aliphatic heterocycles. The van der Waals surface area contributed by atoms with E-state index in [9.17, 15) is 0 Å². The highest BCUT2D eigenvalue weighted by molar-refractivity contribution is 7.18. The van der Waals surface area contributed by atoms with Crippen molar-refractivity contribution in [2.24, 2.45) is 5.73 Å². The fraction of sp³-hybridized carbons (Fsp3) is 0.444. The maximum atomic E-state index is 5.85. The smallest absolute Gasteiger partial charge is 0.189 e. The Bertz CT molecular complexity index is 392. The van der Waals surface area contributed by atoms with E-state index in [1.165, 1.54) is 0 Å². The Balaban J connectivity index is 2.27. The normalized spacial score (nSPS) is 13.3. The second kappa shape index (κ2) is 3.98. The minimum Gasteiger partial charge on any atom is -0.327 e. The van der Waals surface area contributed by atoms with Crippen LogP contribution < -0.4 is 5.73 Å². The topological polar surface area (TPSA) is 64.7 Å². The van der Waals surface area contributed by atoms with E-state index in [0.717, 1.165) is 28.3 Å². The van der Waals surface area contributed by atoms with Crippen molar-refractivity contribution in [1.29, 1.82) is 0 Å². The Morgan fingerprint density at radius 3 is 2.93 bits per heavy atom. The fourth-order valence-corrected chi connectivity index (χ4v) is 2.13. The van der Waals surface area contributed by atoms with E-state index in [1.807, 2.05) is 0 Å². The number of hydrogen-bond donors (Lipinski definition) is 1. The lowest BCUT2D eigenvalue weighted by atomic mass is 10.2. The molecule has 2 aromatic rings. The van der Waals surface area contributed by atoms with Crippen molar-refractivity contribution in [2.45, 2.75) is 25.8 Å². The number of fused-ring (bicyclic) bond motifs is 1. The van der Waals surface area contributed by atoms with Gasteiger partial charge in [-0.2, -0.15) is 0 Å². The number of thiazole rings is 1. The molecule has 0 aliphatic rings. The molecule has 74 valence electrons. The van der Waals surface area contributed by atoms with E-state index >= 15 is 0 Å². The molecule has 0 bridgehead atoms. The Morgan fingerprint density at radius 2 is 2.21 bits per heavy atom. The first-order valence-corrected chi connectivity index (χ1v) is 5.43. The van der Waals surface area contributed by atoms with Gasteiger partial charge in [-0.1, -0.05) is 18.3 Å². The molecular weight excluding hydrogens is 196 g/mol. The van der Waals surface area contributed by atoms with Gasteiger partial charge in [-0.25, -0.2) is 15.0 Å². The maximum Gasteiger partial charge on any atom is 0.189 e. The number of rotatable bonds is 3. The summed E-state index contributed by atoms with van der Waals surface area (Å²) in [6, 6.07) is 0.190. The van der Waals surface area contributed by atoms with Crippen LogP contribution in [0.4, 0.5) is 0 Å². The molecule has 0 amide bonds. The van der Waals surface area contributed by atoms with E-state index in [2.05, 4.69) is 21.9 Å². The summed E-state index contributed by atoms with van der Waals surface area (Å²) >= 11 is 1.58. The largest absolute Gasteiger partial charge is 0.327 e. The quantitative estimate of drug-likeness (QED) is 0.827. The molecule has 2 heterocycles. The van der Waals surface area contributed by atoms with Crippen molar-refractivity contribution in [3.05, 3.63) is 17.4 Å². The summed E-state index contributed by atoms with van der Waals surface area (Å²) < 4.78 is 0. The average Bonchev–Trinajstić information content (AvgIpc) is 2.59. The SMILES string of the molecule is CCC(N)Cc1nc2nccnc2s1. The van der Waals surface area contributed by atoms with Gasteiger partial charge in [0.2, 0.25) is 0 Å². The van der Waals surface area contributed by atoms with Gasteiger partial charge in [0.05, 0.1) is 5.01 Å². The van der Waals surface area contributed by atoms with E-state index in [4.69, 9.17) is 5.73 Å². The van der Waals surface area contributed by atoms with Crippen molar-refractivity contribution < 1.29 is 0 Å². The lowest BCUT2D eigenvalue weighted by molar-refractivity contribution is 0.645. The van der Waals surface area contributed by atoms with Crippen LogP contribution in [-0.4, -0.2) is 21.0 Å². The lowest BCUT2D eigenvalue weighted by Crippen LogP contribution is -2.21. The van der Waals surface area contributed by atoms with Crippen molar-refractivity contribution in [1.82, 2.24) is 15.0 Å². The van der Waals surface area contributed by atoms with Crippen molar-refractivity contribution >= 4 is 21.8 Å². The first-order chi connectivity index (χ1) is 6.79. The minimum absolute atomic E-state index is 0.190. The van der Waals surface area contributed by atoms with Crippen molar-refractivity contribution in [2.75, 3.05) is 0 Å². The monoisotopic (exact) mass is 208 g/mol. The number of hydrogen-bond acceptors (Lipinski definition) is 5. The molecule has 0 saturated heterocycles. The summed E-state index contributed by atoms with van der Waals surface area (Å²) in [5.41, 5.74) is 6.58. The predicted molar refractivity (Wildman–Crippen MR) is 57.2 cm³/mol. The highest BCUT2D eigenvalue weighted by Crippen LogP contribution is 2.18. The molecule has 0 saturated carbocycles. The summed E-state index contributed by atoms with van der Waals surface area (Å²) in [5, 5.41) is 1.03. The van der Waals surface area contributed by atoms with Crippen LogP contribution in [0.1, 0.15) is 18.4 Å². The van der Waals surface area contributed by atoms with Gasteiger partial charge < -0.3 is 5.73 Å². The molecule has 4 nitrogen and oxygen atoms in total. The van der Waals surface area contributed by atoms with Gasteiger partial charge >= 0.3 is 0 Å². The van der Waals surface area contributed by atoms with Crippen LogP contribution in [0.15, 0.2) is 12.4 Å². The Labute approximate surface area is 86.2 Å². The molecule has 5 heteroatoms. The van der Waals surface area contributed by atoms with Gasteiger partial charge in [-0.3, -0.25) is 0 Å². The molecule has 0 fully saturated rings. The summed E-state index contributed by atoms with van der Waals surface area (Å²) in [7, 11) is 0. The molecule has 1 unspecified atom stereocenters. The van der Waals surface area contributed by atoms with E-state index in [-0.39, 0.29) is 6.04 Å². The van der Waals surface area contributed by atoms with Gasteiger partial charge in [-0.05, 0) is 6.42 Å². The van der Waals surface area contributed by atoms with Crippen LogP contribution in [0.25, 0.3) is 10.5 Å². The van der Waals surface area contributed by atoms with Gasteiger partial charge in [0.1, 0.15) is 0 Å². The third-order valence-electron chi connectivity index (χ3n) is 2.05. The van der Waals surface area contributed by atoms with Gasteiger partial charge in [0, 0.05) is 24.9 Å². The second-order valence-electron chi connectivity index (χ2n) is 3.17. The van der Waals surface area contributed by atoms with E-state index < -0.39 is 0 Å². The van der Waals surface area contributed by atoms with Crippen LogP contribution in [-0.2, 0) is 6.42 Å². The van der Waals surface area contributed by atoms with Crippen LogP contribution in [0.5, 0.6) is 0 Å². The Morgan fingerprint density at radius 1 is 1.43 bits per heavy atom. The second-order valence-corrected chi connectivity index (χ2v) is 4.23. The van der Waals surface area contributed by atoms with Crippen LogP contribution in [0.3, 0.4) is 0 Å². The molecule has 0 spiro atoms. The number of nitrogens with zero attached hydrogens (tertiary/aromatic N) is 3. The van der Waals surface area contributed by atoms with Crippen LogP contribution in [0.2, 0.25) is 0 Å². The average molecular weight is 208 g/mol. The lowest BCUT2D eigenvalue weighted by Gasteiger charge is -2.03. The van der Waals surface area contributed by atoms with E-state index in [1.54, 1.807) is 23.7 Å². The first-order valence-electron chi connectivity index (χ1n) is 4.61. The third kappa shape index (κ3) is 1.88. The summed E-state index contributed by atoms with van der Waals surface area (Å²) in [4.78, 5) is 13.6. The molecule has 0 aromatic carbocycles. The van der Waals surface area contributed by atoms with Crippen LogP contribution in [0, 0.1) is 0 Å². The Kier molecular flexibility index (Phi) is 2.69. The summed E-state index contributed by atoms with van der Waals surface area (Å²) in [5.74, 6) is 0. The third-order valence-corrected chi connectivity index (χ3v) is 3.03. The van der Waals surface area contributed by atoms with Crippen molar-refractivity contribution in [3.63, 3.8) is 0 Å². The zero-order valence-corrected chi connectivity index (χ0v) is 8.79. The number of aromatic nitrogens is 3. The summed E-state index contributed by atoms with van der Waals surface area (Å²) in [6.07, 6.45) is 5.13. The standard InChI is InChI=1S/C9H12N4S/c1-2-6(10)5-7-13-8-9(14-7)12-4-3-11-8/h3-4,6H,2,5,10H2,1H3. The molecule has 14 heavy (non-hydrogen) atoms. The Hall–Kier alpha value is -1.07. The molecular formula is C9H12N4S. The van der Waals surface area contributed by atoms with Gasteiger partial charge in [-0.15, -0.1) is 0 Å². The minimum atomic E-state index is 0.190. The molecule has 2 N–H and O–H groups in total. The molecule has 2 aromatic heterocycles. The van der Waals surface area contributed by atoms with Gasteiger partial charge in [0.15, 0.2) is 10.5 Å². The van der Waals surface area contributed by atoms with Crippen molar-refractivity contribution in [3.8, 4) is 0 Å². The highest BCUT2D eigenvalue weighted by Gasteiger charge is 2.08. The zero-order chi connectivity index (χ0) is 9.97. The van der Waals surface area contributed by atoms with E-state index in [0.29, 0.717) is 0 Å². The molecule has 0 aliphatic carbocycles. The fourth-order valence-electron chi connectivity index (χ4n) is 1.18. The predicted octanol–water partition coefficient (Wildman–Crippen LogP) is 1.37. The molecule has 0 radical (unpaired) electrons. The zero-order valence-electron chi connectivity index (χ0n) is 7.97. The highest BCUT2D eigenvalue weighted by atomic mass is 32.1. The molecule has 1 atom stereocenters. The van der Waals surface area contributed by atoms with Gasteiger partial charge in [0.25, 0.3) is 0 Å². The molecule has 2 rings (SSSR count). The van der Waals surface area contributed by atoms with Crippen LogP contribution >= 0.6 is 11.3 Å².